The second kappa shape index (κ2) is 8.05. The minimum atomic E-state index is -0.702. The molecule has 1 aromatic heterocycles. The van der Waals surface area contributed by atoms with Crippen molar-refractivity contribution in [1.82, 2.24) is 10.2 Å². The van der Waals surface area contributed by atoms with Gasteiger partial charge in [-0.1, -0.05) is 12.1 Å². The summed E-state index contributed by atoms with van der Waals surface area (Å²) >= 11 is 0. The van der Waals surface area contributed by atoms with E-state index in [2.05, 4.69) is 20.8 Å². The Morgan fingerprint density at radius 1 is 1.07 bits per heavy atom. The number of rotatable bonds is 5. The van der Waals surface area contributed by atoms with Gasteiger partial charge in [0, 0.05) is 31.5 Å². The number of anilines is 4. The summed E-state index contributed by atoms with van der Waals surface area (Å²) in [6.45, 7) is 0.170. The third kappa shape index (κ3) is 4.37. The maximum absolute atomic E-state index is 12.5. The standard InChI is InChI=1S/C21H21N5O3/c1-26(2)16-11-20(25-22-12-16)23-14-7-9-15(10-8-14)24-21(27)19-13-28-17-5-3-4-6-18(17)29-19/h3-12,19H,13H2,1-2H3,(H,23,25)(H,24,27). The number of nitrogens with zero attached hydrogens (tertiary/aromatic N) is 3. The Labute approximate surface area is 168 Å². The fourth-order valence-electron chi connectivity index (χ4n) is 2.82. The fraction of sp³-hybridized carbons (Fsp3) is 0.190. The lowest BCUT2D eigenvalue weighted by atomic mass is 10.2. The zero-order valence-electron chi connectivity index (χ0n) is 16.1. The Bertz CT molecular complexity index is 1010. The summed E-state index contributed by atoms with van der Waals surface area (Å²) in [4.78, 5) is 14.5. The Morgan fingerprint density at radius 3 is 2.55 bits per heavy atom. The molecule has 0 spiro atoms. The van der Waals surface area contributed by atoms with Crippen molar-refractivity contribution >= 4 is 28.8 Å². The van der Waals surface area contributed by atoms with Gasteiger partial charge in [0.25, 0.3) is 5.91 Å². The molecule has 1 atom stereocenters. The first-order valence-electron chi connectivity index (χ1n) is 9.15. The first-order valence-corrected chi connectivity index (χ1v) is 9.15. The molecule has 29 heavy (non-hydrogen) atoms. The van der Waals surface area contributed by atoms with E-state index in [1.807, 2.05) is 55.4 Å². The molecule has 2 heterocycles. The summed E-state index contributed by atoms with van der Waals surface area (Å²) in [5.41, 5.74) is 2.44. The topological polar surface area (TPSA) is 88.6 Å². The van der Waals surface area contributed by atoms with Gasteiger partial charge in [0.15, 0.2) is 17.3 Å². The van der Waals surface area contributed by atoms with Crippen molar-refractivity contribution < 1.29 is 14.3 Å². The van der Waals surface area contributed by atoms with Gasteiger partial charge in [0.05, 0.1) is 11.9 Å². The van der Waals surface area contributed by atoms with Gasteiger partial charge in [0.2, 0.25) is 6.10 Å². The van der Waals surface area contributed by atoms with Crippen molar-refractivity contribution in [2.75, 3.05) is 36.2 Å². The van der Waals surface area contributed by atoms with Gasteiger partial charge in [-0.05, 0) is 36.4 Å². The molecule has 0 saturated carbocycles. The predicted octanol–water partition coefficient (Wildman–Crippen LogP) is 3.06. The molecule has 1 aliphatic heterocycles. The van der Waals surface area contributed by atoms with E-state index in [0.29, 0.717) is 23.0 Å². The number of ether oxygens (including phenoxy) is 2. The van der Waals surface area contributed by atoms with Crippen LogP contribution in [0.2, 0.25) is 0 Å². The SMILES string of the molecule is CN(C)c1cnnc(Nc2ccc(NC(=O)C3COc4ccccc4O3)cc2)c1. The van der Waals surface area contributed by atoms with E-state index < -0.39 is 6.10 Å². The number of aromatic nitrogens is 2. The molecule has 3 aromatic rings. The number of fused-ring (bicyclic) bond motifs is 1. The highest BCUT2D eigenvalue weighted by molar-refractivity contribution is 5.94. The molecule has 0 radical (unpaired) electrons. The van der Waals surface area contributed by atoms with E-state index >= 15 is 0 Å². The summed E-state index contributed by atoms with van der Waals surface area (Å²) in [5.74, 6) is 1.59. The van der Waals surface area contributed by atoms with E-state index in [-0.39, 0.29) is 12.5 Å². The first kappa shape index (κ1) is 18.5. The normalized spacial score (nSPS) is 14.8. The molecule has 1 amide bonds. The molecule has 1 unspecified atom stereocenters. The van der Waals surface area contributed by atoms with Crippen LogP contribution in [0.25, 0.3) is 0 Å². The molecule has 2 N–H and O–H groups in total. The van der Waals surface area contributed by atoms with Crippen LogP contribution in [0, 0.1) is 0 Å². The number of benzene rings is 2. The number of hydrogen-bond donors (Lipinski definition) is 2. The van der Waals surface area contributed by atoms with Crippen molar-refractivity contribution in [3.8, 4) is 11.5 Å². The zero-order valence-corrected chi connectivity index (χ0v) is 16.1. The number of para-hydroxylation sites is 2. The molecule has 8 heteroatoms. The van der Waals surface area contributed by atoms with E-state index in [9.17, 15) is 4.79 Å². The summed E-state index contributed by atoms with van der Waals surface area (Å²) in [5, 5.41) is 14.1. The third-order valence-corrected chi connectivity index (χ3v) is 4.38. The minimum Gasteiger partial charge on any atom is -0.485 e. The Morgan fingerprint density at radius 2 is 1.79 bits per heavy atom. The molecule has 0 bridgehead atoms. The highest BCUT2D eigenvalue weighted by Crippen LogP contribution is 2.31. The molecular formula is C21H21N5O3. The number of nitrogens with one attached hydrogen (secondary N) is 2. The van der Waals surface area contributed by atoms with Crippen LogP contribution in [0.5, 0.6) is 11.5 Å². The van der Waals surface area contributed by atoms with Crippen molar-refractivity contribution in [1.29, 1.82) is 0 Å². The summed E-state index contributed by atoms with van der Waals surface area (Å²) in [6.07, 6.45) is 0.992. The molecule has 2 aromatic carbocycles. The maximum Gasteiger partial charge on any atom is 0.269 e. The van der Waals surface area contributed by atoms with E-state index in [1.54, 1.807) is 24.4 Å². The van der Waals surface area contributed by atoms with E-state index in [0.717, 1.165) is 11.4 Å². The second-order valence-electron chi connectivity index (χ2n) is 6.75. The zero-order chi connectivity index (χ0) is 20.2. The van der Waals surface area contributed by atoms with Crippen LogP contribution in [0.4, 0.5) is 22.9 Å². The van der Waals surface area contributed by atoms with Crippen LogP contribution in [-0.2, 0) is 4.79 Å². The van der Waals surface area contributed by atoms with Gasteiger partial charge in [-0.25, -0.2) is 0 Å². The monoisotopic (exact) mass is 391 g/mol. The minimum absolute atomic E-state index is 0.170. The van der Waals surface area contributed by atoms with Crippen LogP contribution in [0.15, 0.2) is 60.8 Å². The van der Waals surface area contributed by atoms with Crippen LogP contribution < -0.4 is 25.0 Å². The molecule has 148 valence electrons. The summed E-state index contributed by atoms with van der Waals surface area (Å²) < 4.78 is 11.3. The Balaban J connectivity index is 1.37. The number of carbonyl (C=O) groups excluding carboxylic acids is 1. The Hall–Kier alpha value is -3.81. The van der Waals surface area contributed by atoms with Gasteiger partial charge in [-0.2, -0.15) is 5.10 Å². The molecule has 0 aliphatic carbocycles. The van der Waals surface area contributed by atoms with Crippen LogP contribution in [0.1, 0.15) is 0 Å². The Kier molecular flexibility index (Phi) is 5.15. The van der Waals surface area contributed by atoms with Crippen molar-refractivity contribution in [3.63, 3.8) is 0 Å². The molecule has 4 rings (SSSR count). The molecule has 0 fully saturated rings. The van der Waals surface area contributed by atoms with Gasteiger partial charge in [-0.15, -0.1) is 5.10 Å². The lowest BCUT2D eigenvalue weighted by Gasteiger charge is -2.25. The fourth-order valence-corrected chi connectivity index (χ4v) is 2.82. The van der Waals surface area contributed by atoms with Crippen molar-refractivity contribution in [3.05, 3.63) is 60.8 Å². The van der Waals surface area contributed by atoms with E-state index in [1.165, 1.54) is 0 Å². The average Bonchev–Trinajstić information content (AvgIpc) is 2.75. The second-order valence-corrected chi connectivity index (χ2v) is 6.75. The van der Waals surface area contributed by atoms with Crippen LogP contribution in [-0.4, -0.2) is 42.9 Å². The van der Waals surface area contributed by atoms with Crippen LogP contribution in [0.3, 0.4) is 0 Å². The quantitative estimate of drug-likeness (QED) is 0.691. The summed E-state index contributed by atoms with van der Waals surface area (Å²) in [7, 11) is 3.88. The highest BCUT2D eigenvalue weighted by Gasteiger charge is 2.27. The predicted molar refractivity (Wildman–Crippen MR) is 111 cm³/mol. The van der Waals surface area contributed by atoms with E-state index in [4.69, 9.17) is 9.47 Å². The van der Waals surface area contributed by atoms with Gasteiger partial charge < -0.3 is 25.0 Å². The average molecular weight is 391 g/mol. The van der Waals surface area contributed by atoms with Gasteiger partial charge >= 0.3 is 0 Å². The smallest absolute Gasteiger partial charge is 0.269 e. The lowest BCUT2D eigenvalue weighted by Crippen LogP contribution is -2.40. The van der Waals surface area contributed by atoms with Crippen molar-refractivity contribution in [2.24, 2.45) is 0 Å². The number of amides is 1. The molecule has 1 aliphatic rings. The first-order chi connectivity index (χ1) is 14.1. The summed E-state index contributed by atoms with van der Waals surface area (Å²) in [6, 6.07) is 16.5. The molecule has 8 nitrogen and oxygen atoms in total. The van der Waals surface area contributed by atoms with Gasteiger partial charge in [-0.3, -0.25) is 4.79 Å². The highest BCUT2D eigenvalue weighted by atomic mass is 16.6. The largest absolute Gasteiger partial charge is 0.485 e. The number of hydrogen-bond acceptors (Lipinski definition) is 7. The molecule has 0 saturated heterocycles. The van der Waals surface area contributed by atoms with Gasteiger partial charge in [0.1, 0.15) is 6.61 Å². The number of carbonyl (C=O) groups is 1. The molecular weight excluding hydrogens is 370 g/mol. The van der Waals surface area contributed by atoms with Crippen LogP contribution >= 0.6 is 0 Å². The third-order valence-electron chi connectivity index (χ3n) is 4.38. The lowest BCUT2D eigenvalue weighted by molar-refractivity contribution is -0.125. The van der Waals surface area contributed by atoms with Crippen molar-refractivity contribution in [2.45, 2.75) is 6.10 Å². The maximum atomic E-state index is 12.5.